The van der Waals surface area contributed by atoms with E-state index in [4.69, 9.17) is 19.9 Å². The third-order valence-electron chi connectivity index (χ3n) is 6.72. The van der Waals surface area contributed by atoms with Crippen molar-refractivity contribution in [3.8, 4) is 11.5 Å². The van der Waals surface area contributed by atoms with Gasteiger partial charge in [-0.25, -0.2) is 0 Å². The van der Waals surface area contributed by atoms with Gasteiger partial charge in [0.25, 0.3) is 5.09 Å². The molecule has 11 nitrogen and oxygen atoms in total. The molecule has 0 aromatic heterocycles. The molecule has 0 unspecified atom stereocenters. The molecule has 0 spiro atoms. The summed E-state index contributed by atoms with van der Waals surface area (Å²) >= 11 is 0. The molecule has 1 rings (SSSR count). The highest BCUT2D eigenvalue weighted by Crippen LogP contribution is 2.31. The van der Waals surface area contributed by atoms with Crippen LogP contribution >= 0.6 is 0 Å². The number of rotatable bonds is 20. The van der Waals surface area contributed by atoms with Gasteiger partial charge in [-0.3, -0.25) is 4.79 Å². The number of nitrogens with zero attached hydrogens (tertiary/aromatic N) is 1. The van der Waals surface area contributed by atoms with Crippen LogP contribution in [0.1, 0.15) is 52.5 Å². The maximum absolute atomic E-state index is 12.6. The highest BCUT2D eigenvalue weighted by Gasteiger charge is 2.29. The zero-order valence-electron chi connectivity index (χ0n) is 23.7. The van der Waals surface area contributed by atoms with E-state index in [1.807, 2.05) is 32.0 Å². The second-order valence-corrected chi connectivity index (χ2v) is 10.3. The zero-order chi connectivity index (χ0) is 28.7. The molecular weight excluding hydrogens is 494 g/mol. The Hall–Kier alpha value is -2.63. The number of hydrogen-bond donors (Lipinski definition) is 3. The summed E-state index contributed by atoms with van der Waals surface area (Å²) in [4.78, 5) is 27.1. The molecule has 1 aromatic carbocycles. The summed E-state index contributed by atoms with van der Waals surface area (Å²) in [6.07, 6.45) is 1.43. The lowest BCUT2D eigenvalue weighted by Gasteiger charge is -2.30. The molecule has 0 aliphatic carbocycles. The summed E-state index contributed by atoms with van der Waals surface area (Å²) in [5.74, 6) is 1.05. The van der Waals surface area contributed by atoms with E-state index in [9.17, 15) is 20.0 Å². The Balaban J connectivity index is 2.80. The number of carbonyl (C=O) groups is 1. The van der Waals surface area contributed by atoms with E-state index in [0.29, 0.717) is 37.1 Å². The molecule has 11 heteroatoms. The molecular formula is C27H47N3O8. The molecule has 0 bridgehead atoms. The number of methoxy groups -OCH3 is 2. The Bertz CT molecular complexity index is 837. The molecule has 0 saturated heterocycles. The van der Waals surface area contributed by atoms with Gasteiger partial charge in [-0.05, 0) is 54.7 Å². The lowest BCUT2D eigenvalue weighted by atomic mass is 9.81. The molecule has 0 aliphatic rings. The fraction of sp³-hybridized carbons (Fsp3) is 0.741. The van der Waals surface area contributed by atoms with E-state index >= 15 is 0 Å². The van der Waals surface area contributed by atoms with Gasteiger partial charge in [0, 0.05) is 38.6 Å². The van der Waals surface area contributed by atoms with E-state index in [1.165, 1.54) is 0 Å². The van der Waals surface area contributed by atoms with Crippen LogP contribution in [0.25, 0.3) is 0 Å². The number of ether oxygens (including phenoxy) is 3. The number of amides is 1. The topological polar surface area (TPSA) is 155 Å². The molecule has 0 heterocycles. The number of nitrogens with two attached hydrogens (primary N) is 1. The van der Waals surface area contributed by atoms with Crippen LogP contribution in [-0.2, 0) is 20.8 Å². The van der Waals surface area contributed by atoms with Gasteiger partial charge in [0.05, 0.1) is 19.8 Å². The summed E-state index contributed by atoms with van der Waals surface area (Å²) in [6.45, 7) is 8.98. The van der Waals surface area contributed by atoms with Gasteiger partial charge in [0.1, 0.15) is 6.61 Å². The van der Waals surface area contributed by atoms with Crippen LogP contribution in [0.15, 0.2) is 18.2 Å². The van der Waals surface area contributed by atoms with Crippen LogP contribution in [0, 0.1) is 33.8 Å². The molecule has 0 saturated carbocycles. The molecule has 218 valence electrons. The first-order chi connectivity index (χ1) is 18.0. The monoisotopic (exact) mass is 541 g/mol. The van der Waals surface area contributed by atoms with Gasteiger partial charge < -0.3 is 35.2 Å². The number of carbonyl (C=O) groups excluding carboxylic acids is 1. The van der Waals surface area contributed by atoms with Gasteiger partial charge in [-0.2, -0.15) is 0 Å². The van der Waals surface area contributed by atoms with Crippen LogP contribution in [-0.4, -0.2) is 68.8 Å². The maximum atomic E-state index is 12.6. The van der Waals surface area contributed by atoms with Crippen molar-refractivity contribution in [3.05, 3.63) is 33.9 Å². The van der Waals surface area contributed by atoms with Crippen LogP contribution < -0.4 is 20.5 Å². The third-order valence-corrected chi connectivity index (χ3v) is 6.72. The highest BCUT2D eigenvalue weighted by molar-refractivity contribution is 5.78. The van der Waals surface area contributed by atoms with Gasteiger partial charge in [0.15, 0.2) is 11.5 Å². The molecule has 4 atom stereocenters. The summed E-state index contributed by atoms with van der Waals surface area (Å²) in [7, 11) is 3.27. The van der Waals surface area contributed by atoms with Gasteiger partial charge in [-0.1, -0.05) is 33.8 Å². The predicted molar refractivity (Wildman–Crippen MR) is 145 cm³/mol. The summed E-state index contributed by atoms with van der Waals surface area (Å²) in [5, 5.41) is 22.9. The Morgan fingerprint density at radius 1 is 1.08 bits per heavy atom. The van der Waals surface area contributed by atoms with E-state index in [2.05, 4.69) is 24.0 Å². The predicted octanol–water partition coefficient (Wildman–Crippen LogP) is 2.99. The fourth-order valence-corrected chi connectivity index (χ4v) is 4.29. The number of hydrogen-bond acceptors (Lipinski definition) is 9. The minimum absolute atomic E-state index is 0.0144. The van der Waals surface area contributed by atoms with Crippen LogP contribution in [0.3, 0.4) is 0 Å². The van der Waals surface area contributed by atoms with Crippen molar-refractivity contribution in [2.75, 3.05) is 40.6 Å². The third kappa shape index (κ3) is 12.3. The minimum atomic E-state index is -0.900. The van der Waals surface area contributed by atoms with Crippen molar-refractivity contribution in [1.29, 1.82) is 0 Å². The van der Waals surface area contributed by atoms with Crippen LogP contribution in [0.2, 0.25) is 0 Å². The van der Waals surface area contributed by atoms with Crippen molar-refractivity contribution in [1.82, 2.24) is 5.32 Å². The molecule has 38 heavy (non-hydrogen) atoms. The molecule has 4 N–H and O–H groups in total. The van der Waals surface area contributed by atoms with Crippen LogP contribution in [0.4, 0.5) is 0 Å². The maximum Gasteiger partial charge on any atom is 0.294 e. The number of aliphatic hydroxyl groups is 1. The molecule has 1 aromatic rings. The van der Waals surface area contributed by atoms with Gasteiger partial charge >= 0.3 is 0 Å². The summed E-state index contributed by atoms with van der Waals surface area (Å²) in [5.41, 5.74) is 7.54. The number of aliphatic hydroxyl groups excluding tert-OH is 1. The first-order valence-corrected chi connectivity index (χ1v) is 13.3. The van der Waals surface area contributed by atoms with Crippen molar-refractivity contribution >= 4 is 5.91 Å². The standard InChI is InChI=1S/C27H47N3O8/c1-18(2)21(14-20-8-9-25(36-6)26(15-20)37-12-7-11-35-5)16-23(28)24(31)17-22(19(3)4)27(32)29-10-13-38-30(33)34/h8-9,15,18-19,21-24,31H,7,10-14,16-17,28H2,1-6H3,(H,29,32)/t21-,22-,23-,24-/m0/s1. The number of benzene rings is 1. The van der Waals surface area contributed by atoms with E-state index in [0.717, 1.165) is 18.4 Å². The Morgan fingerprint density at radius 3 is 2.37 bits per heavy atom. The first-order valence-electron chi connectivity index (χ1n) is 13.3. The molecule has 0 radical (unpaired) electrons. The lowest BCUT2D eigenvalue weighted by molar-refractivity contribution is -0.757. The van der Waals surface area contributed by atoms with E-state index in [1.54, 1.807) is 14.2 Å². The van der Waals surface area contributed by atoms with Gasteiger partial charge in [0.2, 0.25) is 5.91 Å². The largest absolute Gasteiger partial charge is 0.493 e. The fourth-order valence-electron chi connectivity index (χ4n) is 4.29. The summed E-state index contributed by atoms with van der Waals surface area (Å²) < 4.78 is 16.4. The first kappa shape index (κ1) is 33.4. The van der Waals surface area contributed by atoms with Crippen molar-refractivity contribution in [3.63, 3.8) is 0 Å². The van der Waals surface area contributed by atoms with Crippen molar-refractivity contribution in [2.45, 2.75) is 65.5 Å². The highest BCUT2D eigenvalue weighted by atomic mass is 16.9. The quantitative estimate of drug-likeness (QED) is 0.128. The van der Waals surface area contributed by atoms with Crippen molar-refractivity contribution < 1.29 is 34.0 Å². The van der Waals surface area contributed by atoms with Gasteiger partial charge in [-0.15, -0.1) is 10.1 Å². The SMILES string of the molecule is COCCCOc1cc(C[C@@H](C[C@H](N)[C@@H](O)C[C@H](C(=O)NCCO[N+](=O)[O-])C(C)C)C(C)C)ccc1OC. The average Bonchev–Trinajstić information content (AvgIpc) is 2.86. The second-order valence-electron chi connectivity index (χ2n) is 10.3. The minimum Gasteiger partial charge on any atom is -0.493 e. The van der Waals surface area contributed by atoms with E-state index in [-0.39, 0.29) is 37.3 Å². The summed E-state index contributed by atoms with van der Waals surface area (Å²) in [6, 6.07) is 5.39. The normalized spacial score (nSPS) is 14.6. The second kappa shape index (κ2) is 17.8. The number of nitrogens with one attached hydrogen (secondary N) is 1. The van der Waals surface area contributed by atoms with E-state index < -0.39 is 23.2 Å². The zero-order valence-corrected chi connectivity index (χ0v) is 23.7. The Labute approximate surface area is 226 Å². The van der Waals surface area contributed by atoms with Crippen molar-refractivity contribution in [2.24, 2.45) is 29.4 Å². The lowest BCUT2D eigenvalue weighted by Crippen LogP contribution is -2.43. The Kier molecular flexibility index (Phi) is 15.6. The average molecular weight is 542 g/mol. The Morgan fingerprint density at radius 2 is 1.79 bits per heavy atom. The molecule has 0 fully saturated rings. The molecule has 1 amide bonds. The smallest absolute Gasteiger partial charge is 0.294 e. The molecule has 0 aliphatic heterocycles. The van der Waals surface area contributed by atoms with Crippen LogP contribution in [0.5, 0.6) is 11.5 Å².